The lowest BCUT2D eigenvalue weighted by molar-refractivity contribution is -0.121. The number of ether oxygens (including phenoxy) is 1. The van der Waals surface area contributed by atoms with Gasteiger partial charge in [-0.3, -0.25) is 4.79 Å². The SMILES string of the molecule is COc1cc(C=NNC(=O)Cn2c(-c3nonc3N)nc3ccccc32)c(Br)c(Br)c1O. The molecule has 4 aromatic rings. The summed E-state index contributed by atoms with van der Waals surface area (Å²) < 4.78 is 12.4. The van der Waals surface area contributed by atoms with Crippen LogP contribution in [0.3, 0.4) is 0 Å². The number of benzene rings is 2. The number of nitrogens with one attached hydrogen (secondary N) is 1. The van der Waals surface area contributed by atoms with Gasteiger partial charge >= 0.3 is 0 Å². The van der Waals surface area contributed by atoms with Crippen molar-refractivity contribution in [1.82, 2.24) is 25.3 Å². The number of nitrogens with zero attached hydrogens (tertiary/aromatic N) is 5. The van der Waals surface area contributed by atoms with E-state index in [9.17, 15) is 9.90 Å². The summed E-state index contributed by atoms with van der Waals surface area (Å²) in [5.74, 6) is 0.195. The van der Waals surface area contributed by atoms with Gasteiger partial charge in [0.15, 0.2) is 28.8 Å². The first-order valence-corrected chi connectivity index (χ1v) is 10.6. The summed E-state index contributed by atoms with van der Waals surface area (Å²) in [6.45, 7) is -0.108. The fraction of sp³-hybridized carbons (Fsp3) is 0.105. The molecule has 0 bridgehead atoms. The number of imidazole rings is 1. The van der Waals surface area contributed by atoms with Crippen LogP contribution in [0.25, 0.3) is 22.6 Å². The van der Waals surface area contributed by atoms with Crippen molar-refractivity contribution >= 4 is 60.8 Å². The molecule has 11 nitrogen and oxygen atoms in total. The van der Waals surface area contributed by atoms with Crippen molar-refractivity contribution in [3.63, 3.8) is 0 Å². The first kappa shape index (κ1) is 21.8. The molecule has 0 saturated heterocycles. The number of hydrazone groups is 1. The van der Waals surface area contributed by atoms with Crippen LogP contribution in [0.5, 0.6) is 11.5 Å². The standard InChI is InChI=1S/C19H15Br2N7O4/c1-31-12-6-9(14(20)15(21)17(12)30)7-23-25-13(29)8-28-11-5-3-2-4-10(11)24-19(28)16-18(22)27-32-26-16/h2-7,30H,8H2,1H3,(H2,22,27)(H,25,29). The second-order valence-corrected chi connectivity index (χ2v) is 8.03. The predicted molar refractivity (Wildman–Crippen MR) is 123 cm³/mol. The smallest absolute Gasteiger partial charge is 0.260 e. The number of aromatic hydroxyl groups is 1. The average molecular weight is 565 g/mol. The molecule has 32 heavy (non-hydrogen) atoms. The number of halogens is 2. The molecular formula is C19H15Br2N7O4. The van der Waals surface area contributed by atoms with Crippen LogP contribution >= 0.6 is 31.9 Å². The zero-order chi connectivity index (χ0) is 22.8. The van der Waals surface area contributed by atoms with Crippen molar-refractivity contribution in [1.29, 1.82) is 0 Å². The zero-order valence-corrected chi connectivity index (χ0v) is 19.6. The van der Waals surface area contributed by atoms with Crippen molar-refractivity contribution in [2.45, 2.75) is 6.54 Å². The van der Waals surface area contributed by atoms with E-state index < -0.39 is 5.91 Å². The van der Waals surface area contributed by atoms with E-state index in [0.717, 1.165) is 0 Å². The van der Waals surface area contributed by atoms with Gasteiger partial charge in [-0.05, 0) is 60.4 Å². The molecular weight excluding hydrogens is 550 g/mol. The van der Waals surface area contributed by atoms with Gasteiger partial charge < -0.3 is 20.1 Å². The first-order valence-electron chi connectivity index (χ1n) is 9.01. The molecule has 2 aromatic heterocycles. The van der Waals surface area contributed by atoms with Crippen molar-refractivity contribution in [2.24, 2.45) is 5.10 Å². The van der Waals surface area contributed by atoms with Gasteiger partial charge in [0.25, 0.3) is 5.91 Å². The topological polar surface area (TPSA) is 154 Å². The van der Waals surface area contributed by atoms with Gasteiger partial charge in [-0.2, -0.15) is 5.10 Å². The lowest BCUT2D eigenvalue weighted by atomic mass is 10.2. The van der Waals surface area contributed by atoms with E-state index in [1.165, 1.54) is 13.3 Å². The number of hydrogen-bond donors (Lipinski definition) is 3. The Morgan fingerprint density at radius 1 is 1.34 bits per heavy atom. The largest absolute Gasteiger partial charge is 0.503 e. The van der Waals surface area contributed by atoms with Gasteiger partial charge in [0.2, 0.25) is 0 Å². The zero-order valence-electron chi connectivity index (χ0n) is 16.4. The minimum absolute atomic E-state index is 0.0540. The third-order valence-corrected chi connectivity index (χ3v) is 6.63. The summed E-state index contributed by atoms with van der Waals surface area (Å²) in [6.07, 6.45) is 1.42. The van der Waals surface area contributed by atoms with Crippen LogP contribution in [0.2, 0.25) is 0 Å². The number of aromatic nitrogens is 4. The highest BCUT2D eigenvalue weighted by molar-refractivity contribution is 9.13. The number of fused-ring (bicyclic) bond motifs is 1. The maximum Gasteiger partial charge on any atom is 0.260 e. The average Bonchev–Trinajstić information content (AvgIpc) is 3.37. The van der Waals surface area contributed by atoms with Crippen molar-refractivity contribution in [2.75, 3.05) is 12.8 Å². The quantitative estimate of drug-likeness (QED) is 0.238. The lowest BCUT2D eigenvalue weighted by Crippen LogP contribution is -2.23. The highest BCUT2D eigenvalue weighted by atomic mass is 79.9. The molecule has 0 fully saturated rings. The number of para-hydroxylation sites is 2. The summed E-state index contributed by atoms with van der Waals surface area (Å²) in [5, 5.41) is 21.4. The van der Waals surface area contributed by atoms with E-state index in [0.29, 0.717) is 31.4 Å². The highest BCUT2D eigenvalue weighted by Crippen LogP contribution is 2.41. The second kappa shape index (κ2) is 8.96. The fourth-order valence-electron chi connectivity index (χ4n) is 2.98. The van der Waals surface area contributed by atoms with Crippen LogP contribution in [0.4, 0.5) is 5.82 Å². The van der Waals surface area contributed by atoms with Crippen molar-refractivity contribution in [3.8, 4) is 23.0 Å². The number of phenols is 1. The van der Waals surface area contributed by atoms with Crippen LogP contribution in [0.1, 0.15) is 5.56 Å². The number of methoxy groups -OCH3 is 1. The summed E-state index contributed by atoms with van der Waals surface area (Å²) >= 11 is 6.64. The molecule has 0 radical (unpaired) electrons. The molecule has 1 amide bonds. The summed E-state index contributed by atoms with van der Waals surface area (Å²) in [6, 6.07) is 8.87. The third-order valence-electron chi connectivity index (χ3n) is 4.47. The summed E-state index contributed by atoms with van der Waals surface area (Å²) in [4.78, 5) is 17.1. The predicted octanol–water partition coefficient (Wildman–Crippen LogP) is 3.06. The van der Waals surface area contributed by atoms with Crippen LogP contribution in [-0.4, -0.2) is 44.2 Å². The maximum absolute atomic E-state index is 12.6. The number of carbonyl (C=O) groups is 1. The number of hydrogen-bond acceptors (Lipinski definition) is 9. The van der Waals surface area contributed by atoms with Crippen LogP contribution < -0.4 is 15.9 Å². The Morgan fingerprint density at radius 2 is 2.12 bits per heavy atom. The molecule has 2 heterocycles. The number of amides is 1. The Hall–Kier alpha value is -3.45. The third kappa shape index (κ3) is 4.03. The summed E-state index contributed by atoms with van der Waals surface area (Å²) in [5.41, 5.74) is 10.5. The van der Waals surface area contributed by atoms with Gasteiger partial charge in [-0.25, -0.2) is 15.0 Å². The molecule has 0 unspecified atom stereocenters. The number of anilines is 1. The minimum Gasteiger partial charge on any atom is -0.503 e. The molecule has 0 atom stereocenters. The van der Waals surface area contributed by atoms with Crippen molar-refractivity contribution in [3.05, 3.63) is 44.8 Å². The van der Waals surface area contributed by atoms with Crippen molar-refractivity contribution < 1.29 is 19.3 Å². The van der Waals surface area contributed by atoms with E-state index in [1.54, 1.807) is 10.6 Å². The fourth-order valence-corrected chi connectivity index (χ4v) is 3.81. The molecule has 2 aromatic carbocycles. The molecule has 4 N–H and O–H groups in total. The molecule has 0 saturated carbocycles. The van der Waals surface area contributed by atoms with Crippen LogP contribution in [0, 0.1) is 0 Å². The second-order valence-electron chi connectivity index (χ2n) is 6.45. The van der Waals surface area contributed by atoms with E-state index in [1.807, 2.05) is 24.3 Å². The van der Waals surface area contributed by atoms with Crippen LogP contribution in [-0.2, 0) is 11.3 Å². The van der Waals surface area contributed by atoms with Gasteiger partial charge in [0.1, 0.15) is 6.54 Å². The number of carbonyl (C=O) groups excluding carboxylic acids is 1. The molecule has 0 aliphatic heterocycles. The molecule has 13 heteroatoms. The van der Waals surface area contributed by atoms with Crippen LogP contribution in [0.15, 0.2) is 49.0 Å². The Kier molecular flexibility index (Phi) is 6.10. The minimum atomic E-state index is -0.415. The monoisotopic (exact) mass is 563 g/mol. The Bertz CT molecular complexity index is 1350. The van der Waals surface area contributed by atoms with Gasteiger partial charge in [-0.15, -0.1) is 0 Å². The molecule has 0 aliphatic rings. The van der Waals surface area contributed by atoms with Gasteiger partial charge in [0, 0.05) is 10.0 Å². The molecule has 4 rings (SSSR count). The van der Waals surface area contributed by atoms with E-state index in [2.05, 4.69) is 62.3 Å². The number of rotatable bonds is 6. The molecule has 164 valence electrons. The lowest BCUT2D eigenvalue weighted by Gasteiger charge is -2.09. The van der Waals surface area contributed by atoms with E-state index in [4.69, 9.17) is 10.5 Å². The van der Waals surface area contributed by atoms with Gasteiger partial charge in [-0.1, -0.05) is 12.1 Å². The van der Waals surface area contributed by atoms with E-state index in [-0.39, 0.29) is 29.6 Å². The number of phenolic OH excluding ortho intramolecular Hbond substituents is 1. The Balaban J connectivity index is 1.58. The molecule has 0 spiro atoms. The molecule has 0 aliphatic carbocycles. The normalized spacial score (nSPS) is 11.3. The first-order chi connectivity index (χ1) is 15.4. The van der Waals surface area contributed by atoms with E-state index >= 15 is 0 Å². The Morgan fingerprint density at radius 3 is 2.84 bits per heavy atom. The maximum atomic E-state index is 12.6. The number of nitrogens with two attached hydrogens (primary N) is 1. The summed E-state index contributed by atoms with van der Waals surface area (Å²) in [7, 11) is 1.43. The number of nitrogen functional groups attached to an aromatic ring is 1. The Labute approximate surface area is 197 Å². The van der Waals surface area contributed by atoms with Gasteiger partial charge in [0.05, 0.1) is 28.8 Å². The highest BCUT2D eigenvalue weighted by Gasteiger charge is 2.20.